The minimum Gasteiger partial charge on any atom is -0.281 e. The van der Waals surface area contributed by atoms with E-state index in [0.29, 0.717) is 0 Å². The smallest absolute Gasteiger partial charge is 0.242 e. The van der Waals surface area contributed by atoms with Crippen LogP contribution in [0.3, 0.4) is 0 Å². The highest BCUT2D eigenvalue weighted by Crippen LogP contribution is 2.46. The molecule has 1 aliphatic rings. The predicted molar refractivity (Wildman–Crippen MR) is 86.2 cm³/mol. The number of allylic oxidation sites excluding steroid dienone is 4. The second kappa shape index (κ2) is 5.49. The third kappa shape index (κ3) is 3.08. The van der Waals surface area contributed by atoms with Crippen molar-refractivity contribution in [2.24, 2.45) is 5.92 Å². The summed E-state index contributed by atoms with van der Waals surface area (Å²) in [5.74, 6) is -0.691. The number of carbonyl (C=O) groups is 2. The molecule has 7 heteroatoms. The average molecular weight is 583 g/mol. The molecular weight excluding hydrogens is 580 g/mol. The van der Waals surface area contributed by atoms with Crippen molar-refractivity contribution in [1.82, 2.24) is 0 Å². The second-order valence-electron chi connectivity index (χ2n) is 2.84. The van der Waals surface area contributed by atoms with Crippen molar-refractivity contribution in [2.75, 3.05) is 0 Å². The molecule has 2 atom stereocenters. The quantitative estimate of drug-likeness (QED) is 0.281. The molecule has 0 fully saturated rings. The van der Waals surface area contributed by atoms with Crippen molar-refractivity contribution >= 4 is 101 Å². The Morgan fingerprint density at radius 3 is 2.27 bits per heavy atom. The van der Waals surface area contributed by atoms with Crippen molar-refractivity contribution in [3.05, 3.63) is 19.3 Å². The molecule has 2 unspecified atom stereocenters. The minimum absolute atomic E-state index is 0.570. The number of alkyl halides is 1. The lowest BCUT2D eigenvalue weighted by Crippen LogP contribution is -2.40. The van der Waals surface area contributed by atoms with Crippen LogP contribution < -0.4 is 0 Å². The average Bonchev–Trinajstić information content (AvgIpc) is 2.00. The fourth-order valence-electron chi connectivity index (χ4n) is 1.19. The normalized spacial score (nSPS) is 30.6. The number of hydrogen-bond donors (Lipinski definition) is 0. The van der Waals surface area contributed by atoms with Gasteiger partial charge in [0.25, 0.3) is 0 Å². The van der Waals surface area contributed by atoms with Crippen LogP contribution in [0.15, 0.2) is 19.3 Å². The van der Waals surface area contributed by atoms with Crippen LogP contribution >= 0.6 is 91.0 Å². The van der Waals surface area contributed by atoms with Crippen LogP contribution in [0, 0.1) is 5.92 Å². The molecule has 0 spiro atoms. The first-order valence-electron chi connectivity index (χ1n) is 3.62. The summed E-state index contributed by atoms with van der Waals surface area (Å²) in [6.45, 7) is 0. The van der Waals surface area contributed by atoms with Crippen molar-refractivity contribution in [1.29, 1.82) is 0 Å². The number of hydrogen-bond acceptors (Lipinski definition) is 2. The number of rotatable bonds is 2. The molecule has 15 heavy (non-hydrogen) atoms. The SMILES string of the molecule is O=C(Cl)C1C(I)=CC(I)=CC1(I)C(=O)Cl. The van der Waals surface area contributed by atoms with Crippen LogP contribution in [-0.2, 0) is 9.59 Å². The van der Waals surface area contributed by atoms with E-state index >= 15 is 0 Å². The highest BCUT2D eigenvalue weighted by Gasteiger charge is 2.47. The summed E-state index contributed by atoms with van der Waals surface area (Å²) in [4.78, 5) is 22.7. The molecule has 0 saturated carbocycles. The van der Waals surface area contributed by atoms with Crippen molar-refractivity contribution in [2.45, 2.75) is 3.42 Å². The Morgan fingerprint density at radius 1 is 1.33 bits per heavy atom. The van der Waals surface area contributed by atoms with Gasteiger partial charge in [-0.3, -0.25) is 9.59 Å². The van der Waals surface area contributed by atoms with Gasteiger partial charge in [0.05, 0.1) is 5.92 Å². The third-order valence-electron chi connectivity index (χ3n) is 1.85. The molecule has 0 bridgehead atoms. The maximum Gasteiger partial charge on any atom is 0.242 e. The Kier molecular flexibility index (Phi) is 5.36. The van der Waals surface area contributed by atoms with Gasteiger partial charge in [-0.25, -0.2) is 0 Å². The molecule has 0 aromatic rings. The Hall–Kier alpha value is 1.59. The second-order valence-corrected chi connectivity index (χ2v) is 7.83. The Morgan fingerprint density at radius 2 is 1.87 bits per heavy atom. The maximum atomic E-state index is 11.4. The minimum atomic E-state index is -1.07. The van der Waals surface area contributed by atoms with Gasteiger partial charge in [-0.15, -0.1) is 0 Å². The molecule has 2 nitrogen and oxygen atoms in total. The van der Waals surface area contributed by atoms with Crippen LogP contribution in [0.2, 0.25) is 0 Å². The van der Waals surface area contributed by atoms with E-state index in [1.54, 1.807) is 6.08 Å². The van der Waals surface area contributed by atoms with Crippen LogP contribution in [0.1, 0.15) is 0 Å². The van der Waals surface area contributed by atoms with Gasteiger partial charge in [0.2, 0.25) is 10.5 Å². The zero-order chi connectivity index (χ0) is 11.8. The largest absolute Gasteiger partial charge is 0.281 e. The van der Waals surface area contributed by atoms with Gasteiger partial charge >= 0.3 is 0 Å². The van der Waals surface area contributed by atoms with Crippen molar-refractivity contribution < 1.29 is 9.59 Å². The van der Waals surface area contributed by atoms with Crippen LogP contribution in [0.4, 0.5) is 0 Å². The third-order valence-corrected chi connectivity index (χ3v) is 5.68. The summed E-state index contributed by atoms with van der Waals surface area (Å²) in [6, 6.07) is 0. The summed E-state index contributed by atoms with van der Waals surface area (Å²) in [7, 11) is 0. The van der Waals surface area contributed by atoms with Gasteiger partial charge in [-0.1, -0.05) is 22.6 Å². The van der Waals surface area contributed by atoms with Crippen molar-refractivity contribution in [3.8, 4) is 0 Å². The van der Waals surface area contributed by atoms with Gasteiger partial charge in [0.15, 0.2) is 0 Å². The van der Waals surface area contributed by atoms with Crippen molar-refractivity contribution in [3.63, 3.8) is 0 Å². The van der Waals surface area contributed by atoms with E-state index < -0.39 is 19.8 Å². The first kappa shape index (κ1) is 14.7. The summed E-state index contributed by atoms with van der Waals surface area (Å²) in [6.07, 6.45) is 3.47. The molecule has 0 aliphatic heterocycles. The highest BCUT2D eigenvalue weighted by molar-refractivity contribution is 14.1. The molecule has 0 aromatic carbocycles. The topological polar surface area (TPSA) is 34.1 Å². The zero-order valence-corrected chi connectivity index (χ0v) is 14.9. The summed E-state index contributed by atoms with van der Waals surface area (Å²) >= 11 is 17.0. The Balaban J connectivity index is 3.31. The molecule has 0 amide bonds. The van der Waals surface area contributed by atoms with E-state index in [2.05, 4.69) is 22.6 Å². The van der Waals surface area contributed by atoms with Crippen LogP contribution in [0.25, 0.3) is 0 Å². The van der Waals surface area contributed by atoms with Crippen LogP contribution in [-0.4, -0.2) is 13.9 Å². The highest BCUT2D eigenvalue weighted by atomic mass is 127. The van der Waals surface area contributed by atoms with Crippen LogP contribution in [0.5, 0.6) is 0 Å². The number of carbonyl (C=O) groups excluding carboxylic acids is 2. The predicted octanol–water partition coefficient (Wildman–Crippen LogP) is 3.96. The van der Waals surface area contributed by atoms with Gasteiger partial charge < -0.3 is 0 Å². The fraction of sp³-hybridized carbons (Fsp3) is 0.250. The molecule has 82 valence electrons. The van der Waals surface area contributed by atoms with Gasteiger partial charge in [-0.2, -0.15) is 0 Å². The van der Waals surface area contributed by atoms with E-state index in [1.165, 1.54) is 0 Å². The monoisotopic (exact) mass is 582 g/mol. The van der Waals surface area contributed by atoms with E-state index in [1.807, 2.05) is 51.3 Å². The molecular formula is C8H3Cl2I3O2. The van der Waals surface area contributed by atoms with E-state index in [0.717, 1.165) is 7.16 Å². The van der Waals surface area contributed by atoms with E-state index in [4.69, 9.17) is 23.2 Å². The summed E-state index contributed by atoms with van der Waals surface area (Å²) < 4.78 is 0.525. The molecule has 1 aliphatic carbocycles. The maximum absolute atomic E-state index is 11.4. The number of halogens is 5. The summed E-state index contributed by atoms with van der Waals surface area (Å²) in [5.41, 5.74) is 0. The molecule has 0 radical (unpaired) electrons. The first-order valence-corrected chi connectivity index (χ1v) is 7.62. The lowest BCUT2D eigenvalue weighted by Gasteiger charge is -2.30. The lowest BCUT2D eigenvalue weighted by molar-refractivity contribution is -0.119. The molecule has 0 saturated heterocycles. The molecule has 0 aromatic heterocycles. The zero-order valence-electron chi connectivity index (χ0n) is 6.94. The Bertz CT molecular complexity index is 391. The van der Waals surface area contributed by atoms with Gasteiger partial charge in [0.1, 0.15) is 3.42 Å². The van der Waals surface area contributed by atoms with E-state index in [-0.39, 0.29) is 0 Å². The standard InChI is InChI=1S/C8H3Cl2I3O2/c9-6(14)5-4(12)1-3(11)2-8(5,13)7(10)15/h1-2,5H. The van der Waals surface area contributed by atoms with Gasteiger partial charge in [-0.05, 0) is 80.5 Å². The lowest BCUT2D eigenvalue weighted by atomic mass is 9.90. The van der Waals surface area contributed by atoms with Gasteiger partial charge in [0, 0.05) is 7.16 Å². The first-order chi connectivity index (χ1) is 6.79. The van der Waals surface area contributed by atoms with E-state index in [9.17, 15) is 9.59 Å². The molecule has 0 N–H and O–H groups in total. The fourth-order valence-corrected chi connectivity index (χ4v) is 6.68. The molecule has 1 rings (SSSR count). The Labute approximate surface area is 138 Å². The molecule has 0 heterocycles. The summed E-state index contributed by atoms with van der Waals surface area (Å²) in [5, 5.41) is -1.15.